The summed E-state index contributed by atoms with van der Waals surface area (Å²) in [6, 6.07) is 10.6. The van der Waals surface area contributed by atoms with E-state index in [-0.39, 0.29) is 37.0 Å². The van der Waals surface area contributed by atoms with Crippen LogP contribution in [0.4, 0.5) is 4.39 Å². The Bertz CT molecular complexity index is 1070. The van der Waals surface area contributed by atoms with E-state index < -0.39 is 15.7 Å². The molecule has 3 aromatic rings. The SMILES string of the molecule is Cc1ccc(CS(=O)(=O)N2CCC(F)(c3noc(-c4ccncc4)n3)C2)cc1. The molecule has 1 saturated heterocycles. The van der Waals surface area contributed by atoms with Crippen molar-refractivity contribution in [2.75, 3.05) is 13.1 Å². The molecule has 1 aliphatic rings. The molecule has 1 fully saturated rings. The van der Waals surface area contributed by atoms with Crippen LogP contribution in [0, 0.1) is 6.92 Å². The van der Waals surface area contributed by atoms with Gasteiger partial charge in [-0.15, -0.1) is 0 Å². The van der Waals surface area contributed by atoms with Gasteiger partial charge in [0.25, 0.3) is 5.89 Å². The minimum absolute atomic E-state index is 0.0184. The summed E-state index contributed by atoms with van der Waals surface area (Å²) < 4.78 is 47.2. The second-order valence-electron chi connectivity index (χ2n) is 6.95. The molecule has 1 aromatic carbocycles. The van der Waals surface area contributed by atoms with Crippen molar-refractivity contribution in [2.45, 2.75) is 24.8 Å². The van der Waals surface area contributed by atoms with E-state index >= 15 is 4.39 Å². The number of pyridine rings is 1. The second-order valence-corrected chi connectivity index (χ2v) is 8.92. The first-order chi connectivity index (χ1) is 13.4. The van der Waals surface area contributed by atoms with E-state index in [9.17, 15) is 8.42 Å². The lowest BCUT2D eigenvalue weighted by Crippen LogP contribution is -2.33. The fourth-order valence-electron chi connectivity index (χ4n) is 3.16. The molecule has 0 N–H and O–H groups in total. The van der Waals surface area contributed by atoms with Gasteiger partial charge in [0.2, 0.25) is 15.8 Å². The molecule has 0 amide bonds. The zero-order valence-electron chi connectivity index (χ0n) is 15.2. The van der Waals surface area contributed by atoms with Gasteiger partial charge in [-0.05, 0) is 24.6 Å². The van der Waals surface area contributed by atoms with Gasteiger partial charge in [0, 0.05) is 30.9 Å². The zero-order chi connectivity index (χ0) is 19.8. The van der Waals surface area contributed by atoms with Crippen LogP contribution in [0.5, 0.6) is 0 Å². The average Bonchev–Trinajstić information content (AvgIpc) is 3.33. The van der Waals surface area contributed by atoms with Crippen LogP contribution < -0.4 is 0 Å². The van der Waals surface area contributed by atoms with Crippen molar-refractivity contribution in [3.63, 3.8) is 0 Å². The monoisotopic (exact) mass is 402 g/mol. The number of nitrogens with zero attached hydrogens (tertiary/aromatic N) is 4. The van der Waals surface area contributed by atoms with Gasteiger partial charge >= 0.3 is 0 Å². The molecule has 7 nitrogen and oxygen atoms in total. The van der Waals surface area contributed by atoms with E-state index in [1.165, 1.54) is 0 Å². The largest absolute Gasteiger partial charge is 0.334 e. The van der Waals surface area contributed by atoms with Crippen LogP contribution in [0.2, 0.25) is 0 Å². The Hall–Kier alpha value is -2.65. The molecule has 28 heavy (non-hydrogen) atoms. The summed E-state index contributed by atoms with van der Waals surface area (Å²) in [4.78, 5) is 8.05. The Kier molecular flexibility index (Phi) is 4.72. The lowest BCUT2D eigenvalue weighted by molar-refractivity contribution is 0.164. The van der Waals surface area contributed by atoms with Gasteiger partial charge in [0.1, 0.15) is 0 Å². The normalized spacial score (nSPS) is 20.5. The highest BCUT2D eigenvalue weighted by atomic mass is 32.2. The molecular weight excluding hydrogens is 383 g/mol. The van der Waals surface area contributed by atoms with Crippen molar-refractivity contribution >= 4 is 10.0 Å². The molecular formula is C19H19FN4O3S. The van der Waals surface area contributed by atoms with Gasteiger partial charge in [-0.1, -0.05) is 35.0 Å². The van der Waals surface area contributed by atoms with Gasteiger partial charge < -0.3 is 4.52 Å². The molecule has 0 bridgehead atoms. The van der Waals surface area contributed by atoms with Gasteiger partial charge in [0.05, 0.1) is 12.3 Å². The molecule has 0 spiro atoms. The first-order valence-electron chi connectivity index (χ1n) is 8.83. The molecule has 0 radical (unpaired) electrons. The van der Waals surface area contributed by atoms with Crippen molar-refractivity contribution in [1.82, 2.24) is 19.4 Å². The maximum atomic E-state index is 15.4. The Balaban J connectivity index is 1.51. The van der Waals surface area contributed by atoms with E-state index in [1.807, 2.05) is 19.1 Å². The van der Waals surface area contributed by atoms with Gasteiger partial charge in [-0.25, -0.2) is 12.8 Å². The Morgan fingerprint density at radius 3 is 2.61 bits per heavy atom. The van der Waals surface area contributed by atoms with Crippen molar-refractivity contribution in [3.8, 4) is 11.5 Å². The van der Waals surface area contributed by atoms with E-state index in [4.69, 9.17) is 4.52 Å². The molecule has 1 unspecified atom stereocenters. The van der Waals surface area contributed by atoms with Crippen molar-refractivity contribution in [1.29, 1.82) is 0 Å². The highest BCUT2D eigenvalue weighted by molar-refractivity contribution is 7.88. The van der Waals surface area contributed by atoms with Gasteiger partial charge in [0.15, 0.2) is 5.67 Å². The third kappa shape index (κ3) is 3.67. The molecule has 0 aliphatic carbocycles. The Morgan fingerprint density at radius 1 is 1.18 bits per heavy atom. The molecule has 1 aliphatic heterocycles. The molecule has 4 rings (SSSR count). The van der Waals surface area contributed by atoms with Crippen molar-refractivity contribution in [2.24, 2.45) is 0 Å². The van der Waals surface area contributed by atoms with Crippen LogP contribution in [-0.2, 0) is 21.4 Å². The third-order valence-corrected chi connectivity index (χ3v) is 6.60. The third-order valence-electron chi connectivity index (χ3n) is 4.80. The number of hydrogen-bond donors (Lipinski definition) is 0. The summed E-state index contributed by atoms with van der Waals surface area (Å²) in [7, 11) is -3.65. The summed E-state index contributed by atoms with van der Waals surface area (Å²) >= 11 is 0. The summed E-state index contributed by atoms with van der Waals surface area (Å²) in [5.41, 5.74) is 0.364. The number of halogens is 1. The Labute approximate surface area is 162 Å². The minimum Gasteiger partial charge on any atom is -0.334 e. The predicted molar refractivity (Wildman–Crippen MR) is 100 cm³/mol. The molecule has 146 valence electrons. The van der Waals surface area contributed by atoms with Gasteiger partial charge in [-0.3, -0.25) is 4.98 Å². The number of aryl methyl sites for hydroxylation is 1. The minimum atomic E-state index is -3.65. The quantitative estimate of drug-likeness (QED) is 0.652. The molecule has 0 saturated carbocycles. The summed E-state index contributed by atoms with van der Waals surface area (Å²) in [5.74, 6) is -0.125. The number of benzene rings is 1. The highest BCUT2D eigenvalue weighted by Crippen LogP contribution is 2.37. The van der Waals surface area contributed by atoms with Crippen molar-refractivity contribution < 1.29 is 17.3 Å². The predicted octanol–water partition coefficient (Wildman–Crippen LogP) is 2.84. The number of sulfonamides is 1. The lowest BCUT2D eigenvalue weighted by atomic mass is 10.1. The molecule has 1 atom stereocenters. The van der Waals surface area contributed by atoms with E-state index in [0.29, 0.717) is 11.1 Å². The van der Waals surface area contributed by atoms with Crippen LogP contribution in [0.25, 0.3) is 11.5 Å². The van der Waals surface area contributed by atoms with Crippen molar-refractivity contribution in [3.05, 3.63) is 65.7 Å². The van der Waals surface area contributed by atoms with Crippen LogP contribution in [0.15, 0.2) is 53.3 Å². The summed E-state index contributed by atoms with van der Waals surface area (Å²) in [6.45, 7) is 1.68. The summed E-state index contributed by atoms with van der Waals surface area (Å²) in [5, 5.41) is 3.75. The fraction of sp³-hybridized carbons (Fsp3) is 0.316. The highest BCUT2D eigenvalue weighted by Gasteiger charge is 2.47. The maximum absolute atomic E-state index is 15.4. The Morgan fingerprint density at radius 2 is 1.89 bits per heavy atom. The van der Waals surface area contributed by atoms with Crippen LogP contribution in [0.1, 0.15) is 23.4 Å². The number of aromatic nitrogens is 3. The number of hydrogen-bond acceptors (Lipinski definition) is 6. The smallest absolute Gasteiger partial charge is 0.258 e. The standard InChI is InChI=1S/C19H19FN4O3S/c1-14-2-4-15(5-3-14)12-28(25,26)24-11-8-19(20,13-24)18-22-17(27-23-18)16-6-9-21-10-7-16/h2-7,9-10H,8,11-13H2,1H3. The summed E-state index contributed by atoms with van der Waals surface area (Å²) in [6.07, 6.45) is 3.12. The van der Waals surface area contributed by atoms with E-state index in [1.54, 1.807) is 36.7 Å². The molecule has 3 heterocycles. The van der Waals surface area contributed by atoms with Crippen LogP contribution in [0.3, 0.4) is 0 Å². The van der Waals surface area contributed by atoms with Crippen LogP contribution in [-0.4, -0.2) is 40.9 Å². The first kappa shape index (κ1) is 18.7. The lowest BCUT2D eigenvalue weighted by Gasteiger charge is -2.18. The van der Waals surface area contributed by atoms with Crippen LogP contribution >= 0.6 is 0 Å². The van der Waals surface area contributed by atoms with Gasteiger partial charge in [-0.2, -0.15) is 9.29 Å². The number of rotatable bonds is 5. The second kappa shape index (κ2) is 7.06. The zero-order valence-corrected chi connectivity index (χ0v) is 16.1. The van der Waals surface area contributed by atoms with E-state index in [0.717, 1.165) is 9.87 Å². The maximum Gasteiger partial charge on any atom is 0.258 e. The molecule has 2 aromatic heterocycles. The van der Waals surface area contributed by atoms with E-state index in [2.05, 4.69) is 15.1 Å². The number of alkyl halides is 1. The average molecular weight is 402 g/mol. The fourth-order valence-corrected chi connectivity index (χ4v) is 4.73. The first-order valence-corrected chi connectivity index (χ1v) is 10.4. The topological polar surface area (TPSA) is 89.2 Å². The molecule has 9 heteroatoms.